The molecule has 3 nitrogen and oxygen atoms in total. The first-order valence-corrected chi connectivity index (χ1v) is 8.24. The molecule has 0 saturated carbocycles. The fraction of sp³-hybridized carbons (Fsp3) is 0.250. The van der Waals surface area contributed by atoms with Crippen molar-refractivity contribution in [3.05, 3.63) is 64.7 Å². The normalized spacial score (nSPS) is 13.2. The average molecular weight is 290 g/mol. The van der Waals surface area contributed by atoms with Gasteiger partial charge in [-0.3, -0.25) is 0 Å². The molecule has 2 aromatic rings. The van der Waals surface area contributed by atoms with Crippen molar-refractivity contribution in [3.63, 3.8) is 0 Å². The van der Waals surface area contributed by atoms with E-state index in [4.69, 9.17) is 0 Å². The molecule has 20 heavy (non-hydrogen) atoms. The van der Waals surface area contributed by atoms with E-state index in [1.54, 1.807) is 12.1 Å². The lowest BCUT2D eigenvalue weighted by atomic mass is 9.95. The molecule has 0 fully saturated rings. The van der Waals surface area contributed by atoms with Gasteiger partial charge in [-0.25, -0.2) is 8.42 Å². The highest BCUT2D eigenvalue weighted by atomic mass is 32.2. The number of hydrogen-bond acceptors (Lipinski definition) is 3. The van der Waals surface area contributed by atoms with Crippen LogP contribution in [0.25, 0.3) is 0 Å². The lowest BCUT2D eigenvalue weighted by Gasteiger charge is -2.16. The summed E-state index contributed by atoms with van der Waals surface area (Å²) in [6.45, 7) is 3.97. The van der Waals surface area contributed by atoms with Crippen molar-refractivity contribution < 1.29 is 13.5 Å². The molecule has 0 aliphatic heterocycles. The summed E-state index contributed by atoms with van der Waals surface area (Å²) in [5, 5.41) is 10.4. The molecule has 2 aromatic carbocycles. The molecule has 0 aliphatic carbocycles. The van der Waals surface area contributed by atoms with Crippen molar-refractivity contribution in [1.82, 2.24) is 0 Å². The van der Waals surface area contributed by atoms with Crippen molar-refractivity contribution in [2.45, 2.75) is 24.8 Å². The molecule has 0 spiro atoms. The first kappa shape index (κ1) is 14.8. The minimum absolute atomic E-state index is 0.259. The Balaban J connectivity index is 2.39. The number of aliphatic hydroxyl groups is 1. The van der Waals surface area contributed by atoms with Crippen LogP contribution in [0.4, 0.5) is 0 Å². The lowest BCUT2D eigenvalue weighted by molar-refractivity contribution is 0.219. The van der Waals surface area contributed by atoms with Crippen LogP contribution in [0.3, 0.4) is 0 Å². The van der Waals surface area contributed by atoms with E-state index in [-0.39, 0.29) is 4.90 Å². The molecular weight excluding hydrogens is 272 g/mol. The molecule has 0 bridgehead atoms. The summed E-state index contributed by atoms with van der Waals surface area (Å²) in [6, 6.07) is 12.2. The number of rotatable bonds is 3. The second-order valence-corrected chi connectivity index (χ2v) is 7.05. The summed E-state index contributed by atoms with van der Waals surface area (Å²) >= 11 is 0. The number of hydrogen-bond donors (Lipinski definition) is 1. The molecule has 2 rings (SSSR count). The highest BCUT2D eigenvalue weighted by molar-refractivity contribution is 7.90. The number of aryl methyl sites for hydroxylation is 1. The Morgan fingerprint density at radius 1 is 1.00 bits per heavy atom. The predicted octanol–water partition coefficient (Wildman–Crippen LogP) is 2.79. The fourth-order valence-electron chi connectivity index (χ4n) is 2.15. The molecule has 0 heterocycles. The van der Waals surface area contributed by atoms with Gasteiger partial charge in [0, 0.05) is 6.26 Å². The first-order valence-electron chi connectivity index (χ1n) is 6.35. The first-order chi connectivity index (χ1) is 9.30. The maximum absolute atomic E-state index is 11.4. The van der Waals surface area contributed by atoms with Gasteiger partial charge in [0.05, 0.1) is 4.90 Å². The van der Waals surface area contributed by atoms with Crippen LogP contribution in [0.15, 0.2) is 47.4 Å². The Hall–Kier alpha value is -1.65. The molecule has 1 atom stereocenters. The van der Waals surface area contributed by atoms with E-state index in [2.05, 4.69) is 0 Å². The maximum Gasteiger partial charge on any atom is 0.175 e. The third-order valence-electron chi connectivity index (χ3n) is 3.57. The van der Waals surface area contributed by atoms with Crippen molar-refractivity contribution in [1.29, 1.82) is 0 Å². The Kier molecular flexibility index (Phi) is 3.97. The summed E-state index contributed by atoms with van der Waals surface area (Å²) in [5.74, 6) is 0. The topological polar surface area (TPSA) is 54.4 Å². The fourth-order valence-corrected chi connectivity index (χ4v) is 2.78. The van der Waals surface area contributed by atoms with Crippen LogP contribution < -0.4 is 0 Å². The van der Waals surface area contributed by atoms with Gasteiger partial charge in [-0.15, -0.1) is 0 Å². The standard InChI is InChI=1S/C16H18O3S/c1-11-5-4-6-15(12(11)2)16(17)13-7-9-14(10-8-13)20(3,18)19/h4-10,16-17H,1-3H3. The van der Waals surface area contributed by atoms with E-state index in [9.17, 15) is 13.5 Å². The third kappa shape index (κ3) is 2.92. The Labute approximate surface area is 119 Å². The number of benzene rings is 2. The summed E-state index contributed by atoms with van der Waals surface area (Å²) < 4.78 is 22.8. The smallest absolute Gasteiger partial charge is 0.175 e. The van der Waals surface area contributed by atoms with Gasteiger partial charge in [0.2, 0.25) is 0 Å². The Morgan fingerprint density at radius 3 is 2.15 bits per heavy atom. The molecule has 4 heteroatoms. The highest BCUT2D eigenvalue weighted by Crippen LogP contribution is 2.27. The van der Waals surface area contributed by atoms with Gasteiger partial charge in [-0.05, 0) is 48.2 Å². The van der Waals surface area contributed by atoms with E-state index in [0.29, 0.717) is 5.56 Å². The van der Waals surface area contributed by atoms with Crippen LogP contribution in [-0.4, -0.2) is 19.8 Å². The minimum Gasteiger partial charge on any atom is -0.384 e. The van der Waals surface area contributed by atoms with Crippen LogP contribution in [0.2, 0.25) is 0 Å². The molecule has 1 N–H and O–H groups in total. The van der Waals surface area contributed by atoms with Gasteiger partial charge in [0.1, 0.15) is 6.10 Å². The van der Waals surface area contributed by atoms with Crippen LogP contribution >= 0.6 is 0 Å². The SMILES string of the molecule is Cc1cccc(C(O)c2ccc(S(C)(=O)=O)cc2)c1C. The molecule has 1 unspecified atom stereocenters. The van der Waals surface area contributed by atoms with Gasteiger partial charge in [0.15, 0.2) is 9.84 Å². The zero-order valence-corrected chi connectivity index (χ0v) is 12.6. The lowest BCUT2D eigenvalue weighted by Crippen LogP contribution is -2.04. The summed E-state index contributed by atoms with van der Waals surface area (Å²) in [6.07, 6.45) is 0.423. The van der Waals surface area contributed by atoms with Crippen molar-refractivity contribution in [3.8, 4) is 0 Å². The molecule has 0 amide bonds. The quantitative estimate of drug-likeness (QED) is 0.945. The zero-order valence-electron chi connectivity index (χ0n) is 11.8. The molecule has 0 saturated heterocycles. The van der Waals surface area contributed by atoms with Crippen molar-refractivity contribution in [2.75, 3.05) is 6.26 Å². The average Bonchev–Trinajstić information content (AvgIpc) is 2.40. The van der Waals surface area contributed by atoms with Gasteiger partial charge in [-0.1, -0.05) is 30.3 Å². The largest absolute Gasteiger partial charge is 0.384 e. The number of sulfone groups is 1. The van der Waals surface area contributed by atoms with Gasteiger partial charge >= 0.3 is 0 Å². The molecule has 0 radical (unpaired) electrons. The summed E-state index contributed by atoms with van der Waals surface area (Å²) in [5.41, 5.74) is 3.70. The Bertz CT molecular complexity index is 716. The van der Waals surface area contributed by atoms with E-state index in [1.165, 1.54) is 18.4 Å². The highest BCUT2D eigenvalue weighted by Gasteiger charge is 2.15. The van der Waals surface area contributed by atoms with E-state index in [1.807, 2.05) is 32.0 Å². The summed E-state index contributed by atoms with van der Waals surface area (Å²) in [7, 11) is -3.21. The second kappa shape index (κ2) is 5.38. The zero-order chi connectivity index (χ0) is 14.9. The van der Waals surface area contributed by atoms with Crippen LogP contribution in [0.5, 0.6) is 0 Å². The molecule has 106 valence electrons. The minimum atomic E-state index is -3.21. The molecule has 0 aliphatic rings. The van der Waals surface area contributed by atoms with Crippen LogP contribution in [-0.2, 0) is 9.84 Å². The van der Waals surface area contributed by atoms with Gasteiger partial charge in [-0.2, -0.15) is 0 Å². The van der Waals surface area contributed by atoms with Gasteiger partial charge < -0.3 is 5.11 Å². The predicted molar refractivity (Wildman–Crippen MR) is 79.5 cm³/mol. The second-order valence-electron chi connectivity index (χ2n) is 5.03. The van der Waals surface area contributed by atoms with E-state index < -0.39 is 15.9 Å². The van der Waals surface area contributed by atoms with Crippen molar-refractivity contribution >= 4 is 9.84 Å². The molecular formula is C16H18O3S. The third-order valence-corrected chi connectivity index (χ3v) is 4.69. The van der Waals surface area contributed by atoms with E-state index >= 15 is 0 Å². The van der Waals surface area contributed by atoms with Crippen LogP contribution in [0, 0.1) is 13.8 Å². The Morgan fingerprint density at radius 2 is 1.60 bits per heavy atom. The molecule has 0 aromatic heterocycles. The maximum atomic E-state index is 11.4. The monoisotopic (exact) mass is 290 g/mol. The van der Waals surface area contributed by atoms with Gasteiger partial charge in [0.25, 0.3) is 0 Å². The van der Waals surface area contributed by atoms with Crippen molar-refractivity contribution in [2.24, 2.45) is 0 Å². The number of aliphatic hydroxyl groups excluding tert-OH is 1. The summed E-state index contributed by atoms with van der Waals surface area (Å²) in [4.78, 5) is 0.259. The van der Waals surface area contributed by atoms with E-state index in [0.717, 1.165) is 16.7 Å². The van der Waals surface area contributed by atoms with Crippen LogP contribution in [0.1, 0.15) is 28.4 Å².